The first-order valence-corrected chi connectivity index (χ1v) is 7.38. The summed E-state index contributed by atoms with van der Waals surface area (Å²) in [7, 11) is 0. The van der Waals surface area contributed by atoms with Crippen LogP contribution in [0.2, 0.25) is 0 Å². The van der Waals surface area contributed by atoms with Crippen molar-refractivity contribution >= 4 is 17.8 Å². The minimum atomic E-state index is -0.936. The predicted molar refractivity (Wildman–Crippen MR) is 80.3 cm³/mol. The van der Waals surface area contributed by atoms with E-state index in [9.17, 15) is 14.4 Å². The molecule has 122 valence electrons. The number of carbonyl (C=O) groups is 3. The van der Waals surface area contributed by atoms with Gasteiger partial charge in [-0.15, -0.1) is 0 Å². The molecule has 0 aromatic carbocycles. The molecule has 1 unspecified atom stereocenters. The Morgan fingerprint density at radius 1 is 1.19 bits per heavy atom. The normalized spacial score (nSPS) is 12.6. The van der Waals surface area contributed by atoms with Gasteiger partial charge in [0, 0.05) is 6.54 Å². The molecule has 6 nitrogen and oxygen atoms in total. The van der Waals surface area contributed by atoms with Gasteiger partial charge in [-0.3, -0.25) is 14.4 Å². The Morgan fingerprint density at radius 3 is 2.14 bits per heavy atom. The summed E-state index contributed by atoms with van der Waals surface area (Å²) >= 11 is 0. The van der Waals surface area contributed by atoms with Crippen molar-refractivity contribution in [3.63, 3.8) is 0 Å². The number of ether oxygens (including phenoxy) is 1. The van der Waals surface area contributed by atoms with E-state index < -0.39 is 29.1 Å². The number of esters is 1. The number of rotatable bonds is 8. The zero-order valence-electron chi connectivity index (χ0n) is 13.8. The van der Waals surface area contributed by atoms with Gasteiger partial charge in [0.2, 0.25) is 11.8 Å². The molecule has 21 heavy (non-hydrogen) atoms. The van der Waals surface area contributed by atoms with E-state index >= 15 is 0 Å². The van der Waals surface area contributed by atoms with Gasteiger partial charge in [-0.2, -0.15) is 0 Å². The average Bonchev–Trinajstić information content (AvgIpc) is 2.32. The van der Waals surface area contributed by atoms with Gasteiger partial charge >= 0.3 is 5.97 Å². The molecular formula is C15H28N2O4. The van der Waals surface area contributed by atoms with Crippen LogP contribution in [0, 0.1) is 11.3 Å². The van der Waals surface area contributed by atoms with Gasteiger partial charge in [-0.25, -0.2) is 0 Å². The molecule has 6 heteroatoms. The molecule has 0 aliphatic carbocycles. The van der Waals surface area contributed by atoms with Crippen LogP contribution in [0.4, 0.5) is 0 Å². The lowest BCUT2D eigenvalue weighted by Gasteiger charge is -2.32. The molecule has 0 aliphatic rings. The van der Waals surface area contributed by atoms with E-state index in [4.69, 9.17) is 10.5 Å². The number of carbonyl (C=O) groups excluding carboxylic acids is 3. The Hall–Kier alpha value is -1.59. The molecule has 1 atom stereocenters. The summed E-state index contributed by atoms with van der Waals surface area (Å²) in [5.74, 6) is -2.47. The second-order valence-corrected chi connectivity index (χ2v) is 6.13. The zero-order chi connectivity index (χ0) is 16.6. The fraction of sp³-hybridized carbons (Fsp3) is 0.800. The van der Waals surface area contributed by atoms with E-state index in [-0.39, 0.29) is 13.2 Å². The van der Waals surface area contributed by atoms with Crippen LogP contribution in [0.1, 0.15) is 47.5 Å². The minimum absolute atomic E-state index is 0.176. The Labute approximate surface area is 127 Å². The first-order valence-electron chi connectivity index (χ1n) is 7.38. The quantitative estimate of drug-likeness (QED) is 0.541. The summed E-state index contributed by atoms with van der Waals surface area (Å²) in [5.41, 5.74) is 4.61. The molecule has 0 heterocycles. The van der Waals surface area contributed by atoms with Crippen LogP contribution >= 0.6 is 0 Å². The Bertz CT molecular complexity index is 374. The lowest BCUT2D eigenvalue weighted by atomic mass is 9.79. The standard InChI is InChI=1S/C15H28N2O4/c1-6-8-9-17(10-11(16)18)13(19)12(15(3,4)5)14(20)21-7-2/h12H,6-10H2,1-5H3,(H2,16,18). The lowest BCUT2D eigenvalue weighted by molar-refractivity contribution is -0.161. The van der Waals surface area contributed by atoms with Gasteiger partial charge in [-0.1, -0.05) is 34.1 Å². The van der Waals surface area contributed by atoms with Crippen molar-refractivity contribution in [3.8, 4) is 0 Å². The number of hydrogen-bond donors (Lipinski definition) is 1. The smallest absolute Gasteiger partial charge is 0.319 e. The summed E-state index contributed by atoms with van der Waals surface area (Å²) < 4.78 is 5.01. The Balaban J connectivity index is 5.27. The number of primary amides is 1. The van der Waals surface area contributed by atoms with Crippen molar-refractivity contribution in [2.75, 3.05) is 19.7 Å². The summed E-state index contributed by atoms with van der Waals surface area (Å²) in [4.78, 5) is 37.3. The first kappa shape index (κ1) is 19.4. The number of unbranched alkanes of at least 4 members (excludes halogenated alkanes) is 1. The molecule has 0 aromatic heterocycles. The highest BCUT2D eigenvalue weighted by Gasteiger charge is 2.41. The van der Waals surface area contributed by atoms with Gasteiger partial charge in [-0.05, 0) is 18.8 Å². The molecule has 0 aromatic rings. The Kier molecular flexibility index (Phi) is 7.99. The topological polar surface area (TPSA) is 89.7 Å². The molecule has 0 saturated heterocycles. The maximum atomic E-state index is 12.7. The zero-order valence-corrected chi connectivity index (χ0v) is 13.8. The molecule has 0 spiro atoms. The highest BCUT2D eigenvalue weighted by atomic mass is 16.5. The van der Waals surface area contributed by atoms with E-state index in [0.29, 0.717) is 6.54 Å². The van der Waals surface area contributed by atoms with Crippen LogP contribution in [-0.4, -0.2) is 42.4 Å². The van der Waals surface area contributed by atoms with Gasteiger partial charge < -0.3 is 15.4 Å². The number of nitrogens with zero attached hydrogens (tertiary/aromatic N) is 1. The monoisotopic (exact) mass is 300 g/mol. The highest BCUT2D eigenvalue weighted by Crippen LogP contribution is 2.29. The predicted octanol–water partition coefficient (Wildman–Crippen LogP) is 1.33. The summed E-state index contributed by atoms with van der Waals surface area (Å²) in [5, 5.41) is 0. The molecule has 0 rings (SSSR count). The van der Waals surface area contributed by atoms with E-state index in [1.807, 2.05) is 6.92 Å². The van der Waals surface area contributed by atoms with Gasteiger partial charge in [0.25, 0.3) is 0 Å². The molecule has 2 N–H and O–H groups in total. The molecule has 0 fully saturated rings. The van der Waals surface area contributed by atoms with Crippen LogP contribution in [0.3, 0.4) is 0 Å². The Morgan fingerprint density at radius 2 is 1.76 bits per heavy atom. The molecule has 0 saturated carbocycles. The summed E-state index contributed by atoms with van der Waals surface area (Å²) in [6, 6.07) is 0. The van der Waals surface area contributed by atoms with Crippen molar-refractivity contribution in [2.24, 2.45) is 17.1 Å². The van der Waals surface area contributed by atoms with Crippen LogP contribution in [-0.2, 0) is 19.1 Å². The lowest BCUT2D eigenvalue weighted by Crippen LogP contribution is -2.48. The third-order valence-corrected chi connectivity index (χ3v) is 3.08. The molecule has 0 aliphatic heterocycles. The van der Waals surface area contributed by atoms with E-state index in [0.717, 1.165) is 12.8 Å². The summed E-state index contributed by atoms with van der Waals surface area (Å²) in [6.07, 6.45) is 1.63. The maximum absolute atomic E-state index is 12.7. The largest absolute Gasteiger partial charge is 0.465 e. The number of hydrogen-bond acceptors (Lipinski definition) is 4. The molecule has 2 amide bonds. The third-order valence-electron chi connectivity index (χ3n) is 3.08. The van der Waals surface area contributed by atoms with E-state index in [1.165, 1.54) is 4.90 Å². The summed E-state index contributed by atoms with van der Waals surface area (Å²) in [6.45, 7) is 9.52. The van der Waals surface area contributed by atoms with Crippen LogP contribution in [0.15, 0.2) is 0 Å². The van der Waals surface area contributed by atoms with Crippen molar-refractivity contribution in [3.05, 3.63) is 0 Å². The van der Waals surface area contributed by atoms with Gasteiger partial charge in [0.05, 0.1) is 13.2 Å². The number of amides is 2. The molecule has 0 radical (unpaired) electrons. The first-order chi connectivity index (χ1) is 9.65. The SMILES string of the molecule is CCCCN(CC(N)=O)C(=O)C(C(=O)OCC)C(C)(C)C. The fourth-order valence-electron chi connectivity index (χ4n) is 2.04. The minimum Gasteiger partial charge on any atom is -0.465 e. The maximum Gasteiger partial charge on any atom is 0.319 e. The second kappa shape index (κ2) is 8.64. The fourth-order valence-corrected chi connectivity index (χ4v) is 2.04. The van der Waals surface area contributed by atoms with Crippen molar-refractivity contribution in [1.82, 2.24) is 4.90 Å². The van der Waals surface area contributed by atoms with E-state index in [2.05, 4.69) is 0 Å². The third kappa shape index (κ3) is 6.60. The number of nitrogens with two attached hydrogens (primary N) is 1. The van der Waals surface area contributed by atoms with E-state index in [1.54, 1.807) is 27.7 Å². The van der Waals surface area contributed by atoms with Crippen LogP contribution < -0.4 is 5.73 Å². The molecular weight excluding hydrogens is 272 g/mol. The van der Waals surface area contributed by atoms with Crippen molar-refractivity contribution in [1.29, 1.82) is 0 Å². The second-order valence-electron chi connectivity index (χ2n) is 6.13. The highest BCUT2D eigenvalue weighted by molar-refractivity contribution is 5.99. The van der Waals surface area contributed by atoms with Gasteiger partial charge in [0.1, 0.15) is 5.92 Å². The average molecular weight is 300 g/mol. The van der Waals surface area contributed by atoms with Crippen molar-refractivity contribution < 1.29 is 19.1 Å². The molecule has 0 bridgehead atoms. The van der Waals surface area contributed by atoms with Gasteiger partial charge in [0.15, 0.2) is 0 Å². The van der Waals surface area contributed by atoms with Crippen LogP contribution in [0.25, 0.3) is 0 Å². The van der Waals surface area contributed by atoms with Crippen molar-refractivity contribution in [2.45, 2.75) is 47.5 Å². The van der Waals surface area contributed by atoms with Crippen LogP contribution in [0.5, 0.6) is 0 Å².